The first kappa shape index (κ1) is 14.6. The van der Waals surface area contributed by atoms with Gasteiger partial charge >= 0.3 is 0 Å². The highest BCUT2D eigenvalue weighted by Gasteiger charge is 2.28. The number of aliphatic hydroxyl groups is 1. The number of hydrogen-bond donors (Lipinski definition) is 2. The fourth-order valence-corrected chi connectivity index (χ4v) is 2.62. The number of ether oxygens (including phenoxy) is 1. The van der Waals surface area contributed by atoms with Gasteiger partial charge < -0.3 is 15.2 Å². The van der Waals surface area contributed by atoms with Gasteiger partial charge in [0.05, 0.1) is 24.1 Å². The zero-order valence-electron chi connectivity index (χ0n) is 11.4. The Balaban J connectivity index is 2.19. The van der Waals surface area contributed by atoms with Crippen LogP contribution in [0.15, 0.2) is 41.8 Å². The number of methoxy groups -OCH3 is 1. The van der Waals surface area contributed by atoms with E-state index in [-0.39, 0.29) is 12.5 Å². The number of benzene rings is 1. The summed E-state index contributed by atoms with van der Waals surface area (Å²) in [5.41, 5.74) is 0.0506. The molecule has 5 heteroatoms. The highest BCUT2D eigenvalue weighted by molar-refractivity contribution is 7.12. The molecule has 1 amide bonds. The lowest BCUT2D eigenvalue weighted by Crippen LogP contribution is -2.46. The standard InChI is InChI=1S/C15H17NO3S/c1-15(10-17,11-6-4-3-5-7-11)16-14(18)13-8-12(19-2)9-20-13/h3-9,17H,10H2,1-2H3,(H,16,18). The second-order valence-electron chi connectivity index (χ2n) is 4.66. The smallest absolute Gasteiger partial charge is 0.262 e. The van der Waals surface area contributed by atoms with Crippen molar-refractivity contribution in [2.75, 3.05) is 13.7 Å². The zero-order chi connectivity index (χ0) is 14.6. The van der Waals surface area contributed by atoms with Gasteiger partial charge in [0.15, 0.2) is 0 Å². The van der Waals surface area contributed by atoms with Gasteiger partial charge in [-0.25, -0.2) is 0 Å². The molecular weight excluding hydrogens is 274 g/mol. The van der Waals surface area contributed by atoms with Crippen LogP contribution < -0.4 is 10.1 Å². The lowest BCUT2D eigenvalue weighted by molar-refractivity contribution is 0.0853. The van der Waals surface area contributed by atoms with E-state index in [1.165, 1.54) is 11.3 Å². The van der Waals surface area contributed by atoms with E-state index in [1.54, 1.807) is 25.5 Å². The number of amides is 1. The number of hydrogen-bond acceptors (Lipinski definition) is 4. The molecule has 0 aliphatic heterocycles. The lowest BCUT2D eigenvalue weighted by atomic mass is 9.93. The Labute approximate surface area is 122 Å². The molecule has 1 unspecified atom stereocenters. The Kier molecular flexibility index (Phi) is 4.42. The molecule has 4 nitrogen and oxygen atoms in total. The summed E-state index contributed by atoms with van der Waals surface area (Å²) in [5.74, 6) is 0.435. The minimum atomic E-state index is -0.810. The maximum Gasteiger partial charge on any atom is 0.262 e. The van der Waals surface area contributed by atoms with E-state index in [0.29, 0.717) is 10.6 Å². The van der Waals surface area contributed by atoms with Crippen molar-refractivity contribution in [3.05, 3.63) is 52.2 Å². The van der Waals surface area contributed by atoms with E-state index in [2.05, 4.69) is 5.32 Å². The highest BCUT2D eigenvalue weighted by atomic mass is 32.1. The Morgan fingerprint density at radius 1 is 1.40 bits per heavy atom. The number of carbonyl (C=O) groups is 1. The fraction of sp³-hybridized carbons (Fsp3) is 0.267. The first-order valence-electron chi connectivity index (χ1n) is 6.20. The van der Waals surface area contributed by atoms with Crippen molar-refractivity contribution < 1.29 is 14.6 Å². The molecule has 1 aromatic carbocycles. The van der Waals surface area contributed by atoms with Gasteiger partial charge in [0.1, 0.15) is 5.75 Å². The third kappa shape index (κ3) is 3.00. The van der Waals surface area contributed by atoms with Crippen molar-refractivity contribution in [1.29, 1.82) is 0 Å². The van der Waals surface area contributed by atoms with Crippen molar-refractivity contribution >= 4 is 17.2 Å². The van der Waals surface area contributed by atoms with Gasteiger partial charge in [-0.2, -0.15) is 0 Å². The molecule has 0 radical (unpaired) electrons. The third-order valence-corrected chi connectivity index (χ3v) is 4.06. The van der Waals surface area contributed by atoms with Gasteiger partial charge in [-0.05, 0) is 12.5 Å². The van der Waals surface area contributed by atoms with Crippen LogP contribution in [0, 0.1) is 0 Å². The van der Waals surface area contributed by atoms with Gasteiger partial charge in [0.2, 0.25) is 0 Å². The molecule has 0 aliphatic carbocycles. The van der Waals surface area contributed by atoms with Gasteiger partial charge in [-0.3, -0.25) is 4.79 Å². The highest BCUT2D eigenvalue weighted by Crippen LogP contribution is 2.24. The quantitative estimate of drug-likeness (QED) is 0.889. The molecule has 1 atom stereocenters. The molecule has 1 heterocycles. The predicted molar refractivity (Wildman–Crippen MR) is 79.2 cm³/mol. The van der Waals surface area contributed by atoms with Crippen LogP contribution >= 0.6 is 11.3 Å². The molecule has 20 heavy (non-hydrogen) atoms. The van der Waals surface area contributed by atoms with E-state index >= 15 is 0 Å². The number of carbonyl (C=O) groups excluding carboxylic acids is 1. The zero-order valence-corrected chi connectivity index (χ0v) is 12.2. The Morgan fingerprint density at radius 2 is 2.10 bits per heavy atom. The van der Waals surface area contributed by atoms with Crippen LogP contribution in [0.5, 0.6) is 5.75 Å². The van der Waals surface area contributed by atoms with E-state index in [9.17, 15) is 9.90 Å². The summed E-state index contributed by atoms with van der Waals surface area (Å²) in [6.07, 6.45) is 0. The van der Waals surface area contributed by atoms with Crippen LogP contribution in [0.3, 0.4) is 0 Å². The molecule has 2 aromatic rings. The summed E-state index contributed by atoms with van der Waals surface area (Å²) in [7, 11) is 1.56. The van der Waals surface area contributed by atoms with E-state index in [4.69, 9.17) is 4.74 Å². The molecule has 106 valence electrons. The van der Waals surface area contributed by atoms with Gasteiger partial charge in [0, 0.05) is 11.4 Å². The lowest BCUT2D eigenvalue weighted by Gasteiger charge is -2.29. The second kappa shape index (κ2) is 6.07. The average Bonchev–Trinajstić information content (AvgIpc) is 2.97. The molecule has 0 aliphatic rings. The summed E-state index contributed by atoms with van der Waals surface area (Å²) < 4.78 is 5.07. The minimum Gasteiger partial charge on any atom is -0.496 e. The minimum absolute atomic E-state index is 0.175. The van der Waals surface area contributed by atoms with Crippen molar-refractivity contribution in [3.8, 4) is 5.75 Å². The first-order valence-corrected chi connectivity index (χ1v) is 7.08. The molecule has 2 rings (SSSR count). The van der Waals surface area contributed by atoms with Crippen LogP contribution in [0.1, 0.15) is 22.2 Å². The third-order valence-electron chi connectivity index (χ3n) is 3.15. The van der Waals surface area contributed by atoms with Crippen molar-refractivity contribution in [3.63, 3.8) is 0 Å². The van der Waals surface area contributed by atoms with Crippen LogP contribution in [-0.4, -0.2) is 24.7 Å². The second-order valence-corrected chi connectivity index (χ2v) is 5.57. The summed E-state index contributed by atoms with van der Waals surface area (Å²) >= 11 is 1.31. The van der Waals surface area contributed by atoms with Crippen LogP contribution in [0.25, 0.3) is 0 Å². The summed E-state index contributed by atoms with van der Waals surface area (Å²) in [6, 6.07) is 11.1. The molecule has 1 aromatic heterocycles. The molecule has 0 saturated carbocycles. The van der Waals surface area contributed by atoms with E-state index in [0.717, 1.165) is 5.56 Å². The van der Waals surface area contributed by atoms with Gasteiger partial charge in [-0.1, -0.05) is 30.3 Å². The number of aliphatic hydroxyl groups excluding tert-OH is 1. The van der Waals surface area contributed by atoms with Gasteiger partial charge in [-0.15, -0.1) is 11.3 Å². The molecule has 0 saturated heterocycles. The van der Waals surface area contributed by atoms with Crippen molar-refractivity contribution in [2.24, 2.45) is 0 Å². The maximum atomic E-state index is 12.3. The van der Waals surface area contributed by atoms with Crippen molar-refractivity contribution in [1.82, 2.24) is 5.32 Å². The summed E-state index contributed by atoms with van der Waals surface area (Å²) in [6.45, 7) is 1.62. The summed E-state index contributed by atoms with van der Waals surface area (Å²) in [4.78, 5) is 12.8. The number of rotatable bonds is 5. The first-order chi connectivity index (χ1) is 9.59. The van der Waals surface area contributed by atoms with Crippen LogP contribution in [0.4, 0.5) is 0 Å². The molecule has 0 fully saturated rings. The SMILES string of the molecule is COc1csc(C(=O)NC(C)(CO)c2ccccc2)c1. The number of thiophene rings is 1. The fourth-order valence-electron chi connectivity index (χ4n) is 1.87. The normalized spacial score (nSPS) is 13.6. The van der Waals surface area contributed by atoms with Gasteiger partial charge in [0.25, 0.3) is 5.91 Å². The van der Waals surface area contributed by atoms with E-state index in [1.807, 2.05) is 30.3 Å². The molecule has 0 bridgehead atoms. The average molecular weight is 291 g/mol. The van der Waals surface area contributed by atoms with E-state index < -0.39 is 5.54 Å². The summed E-state index contributed by atoms with van der Waals surface area (Å²) in [5, 5.41) is 14.3. The Morgan fingerprint density at radius 3 is 2.65 bits per heavy atom. The van der Waals surface area contributed by atoms with Crippen molar-refractivity contribution in [2.45, 2.75) is 12.5 Å². The Hall–Kier alpha value is -1.85. The monoisotopic (exact) mass is 291 g/mol. The maximum absolute atomic E-state index is 12.3. The van der Waals surface area contributed by atoms with Crippen LogP contribution in [-0.2, 0) is 5.54 Å². The number of nitrogens with one attached hydrogen (secondary N) is 1. The molecule has 2 N–H and O–H groups in total. The molecular formula is C15H17NO3S. The molecule has 0 spiro atoms. The predicted octanol–water partition coefficient (Wildman–Crippen LogP) is 2.39. The van der Waals surface area contributed by atoms with Crippen LogP contribution in [0.2, 0.25) is 0 Å². The largest absolute Gasteiger partial charge is 0.496 e. The topological polar surface area (TPSA) is 58.6 Å². The Bertz CT molecular complexity index is 582.